The van der Waals surface area contributed by atoms with E-state index >= 15 is 0 Å². The summed E-state index contributed by atoms with van der Waals surface area (Å²) >= 11 is 0. The molecule has 1 heterocycles. The van der Waals surface area contributed by atoms with Crippen LogP contribution < -0.4 is 5.32 Å². The Morgan fingerprint density at radius 1 is 1.13 bits per heavy atom. The third kappa shape index (κ3) is 6.46. The van der Waals surface area contributed by atoms with Crippen molar-refractivity contribution in [2.75, 3.05) is 13.1 Å². The number of hydrogen-bond acceptors (Lipinski definition) is 5. The number of ether oxygens (including phenoxy) is 2. The Hall–Kier alpha value is -1.79. The van der Waals surface area contributed by atoms with E-state index in [0.717, 1.165) is 6.29 Å². The monoisotopic (exact) mass is 328 g/mol. The fraction of sp³-hybridized carbons (Fsp3) is 0.812. The smallest absolute Gasteiger partial charge is 0.410 e. The number of amides is 2. The number of hydrogen-bond donors (Lipinski definition) is 1. The molecule has 0 aromatic heterocycles. The van der Waals surface area contributed by atoms with Crippen LogP contribution in [-0.2, 0) is 14.3 Å². The summed E-state index contributed by atoms with van der Waals surface area (Å²) < 4.78 is 10.5. The molecule has 1 aliphatic rings. The van der Waals surface area contributed by atoms with E-state index in [-0.39, 0.29) is 12.5 Å². The van der Waals surface area contributed by atoms with Gasteiger partial charge in [-0.05, 0) is 48.0 Å². The molecule has 0 bridgehead atoms. The maximum absolute atomic E-state index is 12.1. The zero-order valence-corrected chi connectivity index (χ0v) is 14.8. The van der Waals surface area contributed by atoms with E-state index in [9.17, 15) is 14.4 Å². The van der Waals surface area contributed by atoms with Crippen molar-refractivity contribution in [1.29, 1.82) is 0 Å². The Morgan fingerprint density at radius 2 is 1.70 bits per heavy atom. The van der Waals surface area contributed by atoms with E-state index in [4.69, 9.17) is 9.47 Å². The largest absolute Gasteiger partial charge is 0.444 e. The quantitative estimate of drug-likeness (QED) is 0.804. The van der Waals surface area contributed by atoms with E-state index in [1.165, 1.54) is 4.90 Å². The lowest BCUT2D eigenvalue weighted by Gasteiger charge is -2.28. The molecule has 1 saturated heterocycles. The SMILES string of the molecule is CC(C)(C)OC(=O)NC[C@@H]1CCN(C(=O)OC(C)(C)C)[C@H]1C=O. The van der Waals surface area contributed by atoms with Gasteiger partial charge in [0.2, 0.25) is 0 Å². The van der Waals surface area contributed by atoms with Crippen LogP contribution in [-0.4, -0.2) is 53.7 Å². The summed E-state index contributed by atoms with van der Waals surface area (Å²) in [6, 6.07) is -0.597. The lowest BCUT2D eigenvalue weighted by atomic mass is 10.0. The molecule has 7 heteroatoms. The molecule has 0 aliphatic carbocycles. The van der Waals surface area contributed by atoms with Crippen molar-refractivity contribution in [1.82, 2.24) is 10.2 Å². The number of nitrogens with one attached hydrogen (secondary N) is 1. The van der Waals surface area contributed by atoms with Gasteiger partial charge in [-0.25, -0.2) is 9.59 Å². The number of carbonyl (C=O) groups excluding carboxylic acids is 3. The topological polar surface area (TPSA) is 84.9 Å². The number of aldehydes is 1. The van der Waals surface area contributed by atoms with Crippen LogP contribution in [0.2, 0.25) is 0 Å². The average molecular weight is 328 g/mol. The van der Waals surface area contributed by atoms with Gasteiger partial charge in [0.25, 0.3) is 0 Å². The lowest BCUT2D eigenvalue weighted by molar-refractivity contribution is -0.112. The second-order valence-corrected chi connectivity index (χ2v) is 7.73. The molecule has 1 rings (SSSR count). The van der Waals surface area contributed by atoms with E-state index in [2.05, 4.69) is 5.32 Å². The molecule has 0 spiro atoms. The van der Waals surface area contributed by atoms with Crippen LogP contribution in [0.4, 0.5) is 9.59 Å². The standard InChI is InChI=1S/C16H28N2O5/c1-15(2,3)22-13(20)17-9-11-7-8-18(12(11)10-19)14(21)23-16(4,5)6/h10-12H,7-9H2,1-6H3,(H,17,20)/t11-,12-/m0/s1. The Morgan fingerprint density at radius 3 is 2.17 bits per heavy atom. The minimum atomic E-state index is -0.614. The summed E-state index contributed by atoms with van der Waals surface area (Å²) in [7, 11) is 0. The van der Waals surface area contributed by atoms with Gasteiger partial charge in [0.05, 0.1) is 6.04 Å². The van der Waals surface area contributed by atoms with Crippen molar-refractivity contribution in [2.24, 2.45) is 5.92 Å². The summed E-state index contributed by atoms with van der Waals surface area (Å²) in [4.78, 5) is 36.6. The fourth-order valence-electron chi connectivity index (χ4n) is 2.35. The van der Waals surface area contributed by atoms with Crippen molar-refractivity contribution >= 4 is 18.5 Å². The first-order valence-electron chi connectivity index (χ1n) is 7.85. The van der Waals surface area contributed by atoms with Crippen LogP contribution in [0.25, 0.3) is 0 Å². The van der Waals surface area contributed by atoms with Gasteiger partial charge < -0.3 is 19.6 Å². The molecule has 2 atom stereocenters. The molecule has 0 unspecified atom stereocenters. The molecule has 1 fully saturated rings. The Balaban J connectivity index is 2.58. The van der Waals surface area contributed by atoms with Gasteiger partial charge in [-0.1, -0.05) is 0 Å². The number of nitrogens with zero attached hydrogens (tertiary/aromatic N) is 1. The Kier molecular flexibility index (Phi) is 6.02. The van der Waals surface area contributed by atoms with Gasteiger partial charge in [0.15, 0.2) is 0 Å². The summed E-state index contributed by atoms with van der Waals surface area (Å²) in [5, 5.41) is 2.65. The van der Waals surface area contributed by atoms with Gasteiger partial charge in [-0.15, -0.1) is 0 Å². The van der Waals surface area contributed by atoms with Gasteiger partial charge >= 0.3 is 12.2 Å². The third-order valence-electron chi connectivity index (χ3n) is 3.26. The van der Waals surface area contributed by atoms with Crippen molar-refractivity contribution in [2.45, 2.75) is 65.2 Å². The highest BCUT2D eigenvalue weighted by Crippen LogP contribution is 2.25. The molecule has 0 radical (unpaired) electrons. The first-order valence-corrected chi connectivity index (χ1v) is 7.85. The summed E-state index contributed by atoms with van der Waals surface area (Å²) in [6.45, 7) is 11.4. The lowest BCUT2D eigenvalue weighted by Crippen LogP contribution is -2.44. The molecule has 2 amide bonds. The molecule has 1 N–H and O–H groups in total. The summed E-state index contributed by atoms with van der Waals surface area (Å²) in [6.07, 6.45) is 0.323. The number of rotatable bonds is 3. The zero-order valence-electron chi connectivity index (χ0n) is 14.8. The Bertz CT molecular complexity index is 450. The van der Waals surface area contributed by atoms with E-state index in [1.807, 2.05) is 0 Å². The minimum Gasteiger partial charge on any atom is -0.444 e. The van der Waals surface area contributed by atoms with Crippen LogP contribution in [0.1, 0.15) is 48.0 Å². The molecule has 23 heavy (non-hydrogen) atoms. The molecule has 1 aliphatic heterocycles. The molecular formula is C16H28N2O5. The van der Waals surface area contributed by atoms with E-state index in [1.54, 1.807) is 41.5 Å². The summed E-state index contributed by atoms with van der Waals surface area (Å²) in [5.74, 6) is -0.146. The number of carbonyl (C=O) groups is 3. The second kappa shape index (κ2) is 7.19. The summed E-state index contributed by atoms with van der Waals surface area (Å²) in [5.41, 5.74) is -1.19. The van der Waals surface area contributed by atoms with Crippen molar-refractivity contribution in [3.05, 3.63) is 0 Å². The van der Waals surface area contributed by atoms with Crippen LogP contribution in [0.3, 0.4) is 0 Å². The van der Waals surface area contributed by atoms with Gasteiger partial charge in [-0.3, -0.25) is 4.90 Å². The number of likely N-dealkylation sites (tertiary alicyclic amines) is 1. The zero-order chi connectivity index (χ0) is 17.8. The van der Waals surface area contributed by atoms with Crippen LogP contribution >= 0.6 is 0 Å². The molecule has 0 aromatic rings. The highest BCUT2D eigenvalue weighted by Gasteiger charge is 2.39. The third-order valence-corrected chi connectivity index (χ3v) is 3.26. The second-order valence-electron chi connectivity index (χ2n) is 7.73. The first kappa shape index (κ1) is 19.3. The first-order chi connectivity index (χ1) is 10.4. The van der Waals surface area contributed by atoms with Crippen molar-refractivity contribution in [3.63, 3.8) is 0 Å². The van der Waals surface area contributed by atoms with E-state index < -0.39 is 29.4 Å². The van der Waals surface area contributed by atoms with Crippen LogP contribution in [0.5, 0.6) is 0 Å². The minimum absolute atomic E-state index is 0.146. The van der Waals surface area contributed by atoms with Crippen LogP contribution in [0.15, 0.2) is 0 Å². The van der Waals surface area contributed by atoms with Gasteiger partial charge in [0, 0.05) is 19.0 Å². The predicted octanol–water partition coefficient (Wildman–Crippen LogP) is 2.34. The van der Waals surface area contributed by atoms with E-state index in [0.29, 0.717) is 13.0 Å². The van der Waals surface area contributed by atoms with Crippen LogP contribution in [0, 0.1) is 5.92 Å². The molecule has 132 valence electrons. The van der Waals surface area contributed by atoms with Crippen molar-refractivity contribution < 1.29 is 23.9 Å². The fourth-order valence-corrected chi connectivity index (χ4v) is 2.35. The Labute approximate surface area is 137 Å². The molecular weight excluding hydrogens is 300 g/mol. The highest BCUT2D eigenvalue weighted by atomic mass is 16.6. The molecule has 7 nitrogen and oxygen atoms in total. The normalized spacial score (nSPS) is 21.7. The molecule has 0 aromatic carbocycles. The highest BCUT2D eigenvalue weighted by molar-refractivity contribution is 5.75. The maximum Gasteiger partial charge on any atom is 0.410 e. The van der Waals surface area contributed by atoms with Gasteiger partial charge in [-0.2, -0.15) is 0 Å². The van der Waals surface area contributed by atoms with Crippen molar-refractivity contribution in [3.8, 4) is 0 Å². The molecule has 0 saturated carbocycles. The van der Waals surface area contributed by atoms with Gasteiger partial charge in [0.1, 0.15) is 17.5 Å². The average Bonchev–Trinajstić information content (AvgIpc) is 2.75. The number of alkyl carbamates (subject to hydrolysis) is 1. The maximum atomic E-state index is 12.1. The predicted molar refractivity (Wildman–Crippen MR) is 85.1 cm³/mol.